The van der Waals surface area contributed by atoms with Gasteiger partial charge < -0.3 is 19.7 Å². The normalized spacial score (nSPS) is 16.0. The quantitative estimate of drug-likeness (QED) is 0.602. The van der Waals surface area contributed by atoms with Gasteiger partial charge in [0, 0.05) is 31.3 Å². The van der Waals surface area contributed by atoms with Gasteiger partial charge in [0.25, 0.3) is 5.91 Å². The number of hydrogen-bond donors (Lipinski definition) is 2. The van der Waals surface area contributed by atoms with Gasteiger partial charge in [-0.2, -0.15) is 0 Å². The summed E-state index contributed by atoms with van der Waals surface area (Å²) in [5, 5.41) is 28.8. The maximum atomic E-state index is 13.9. The van der Waals surface area contributed by atoms with Crippen molar-refractivity contribution in [1.29, 1.82) is 0 Å². The molecule has 1 amide bonds. The number of aromatic nitrogens is 3. The van der Waals surface area contributed by atoms with E-state index in [1.807, 2.05) is 0 Å². The number of aliphatic hydroxyl groups excluding tert-OH is 1. The number of hydrogen-bond acceptors (Lipinski definition) is 7. The van der Waals surface area contributed by atoms with Gasteiger partial charge in [-0.05, 0) is 25.5 Å². The summed E-state index contributed by atoms with van der Waals surface area (Å²) >= 11 is 1.03. The second-order valence-corrected chi connectivity index (χ2v) is 8.84. The molecule has 32 heavy (non-hydrogen) atoms. The third-order valence-electron chi connectivity index (χ3n) is 5.32. The van der Waals surface area contributed by atoms with E-state index in [-0.39, 0.29) is 47.4 Å². The topological polar surface area (TPSA) is 109 Å². The second kappa shape index (κ2) is 8.40. The number of halogens is 2. The lowest BCUT2D eigenvalue weighted by atomic mass is 10.1. The van der Waals surface area contributed by atoms with Gasteiger partial charge in [0.2, 0.25) is 5.43 Å². The molecule has 3 heterocycles. The van der Waals surface area contributed by atoms with Crippen LogP contribution >= 0.6 is 11.3 Å². The molecule has 3 aromatic rings. The second-order valence-electron chi connectivity index (χ2n) is 7.78. The van der Waals surface area contributed by atoms with Crippen molar-refractivity contribution >= 4 is 17.2 Å². The highest BCUT2D eigenvalue weighted by atomic mass is 32.1. The average molecular weight is 462 g/mol. The predicted molar refractivity (Wildman–Crippen MR) is 113 cm³/mol. The maximum Gasteiger partial charge on any atom is 0.275 e. The minimum Gasteiger partial charge on any atom is -0.503 e. The third-order valence-corrected chi connectivity index (χ3v) is 6.27. The number of aliphatic hydroxyl groups is 1. The Morgan fingerprint density at radius 2 is 2.00 bits per heavy atom. The Hall–Kier alpha value is -3.18. The van der Waals surface area contributed by atoms with E-state index >= 15 is 0 Å². The van der Waals surface area contributed by atoms with E-state index in [1.165, 1.54) is 21.7 Å². The average Bonchev–Trinajstić information content (AvgIpc) is 3.20. The van der Waals surface area contributed by atoms with E-state index in [2.05, 4.69) is 10.2 Å². The first-order valence-corrected chi connectivity index (χ1v) is 10.7. The minimum atomic E-state index is -0.772. The van der Waals surface area contributed by atoms with Crippen molar-refractivity contribution in [3.05, 3.63) is 62.5 Å². The molecule has 2 aromatic heterocycles. The molecule has 1 atom stereocenters. The Bertz CT molecular complexity index is 1260. The van der Waals surface area contributed by atoms with Gasteiger partial charge in [-0.3, -0.25) is 9.59 Å². The number of nitrogens with zero attached hydrogens (tertiary/aromatic N) is 4. The van der Waals surface area contributed by atoms with Gasteiger partial charge in [0.05, 0.1) is 18.2 Å². The van der Waals surface area contributed by atoms with Crippen LogP contribution in [-0.2, 0) is 13.0 Å². The molecule has 168 valence electrons. The molecule has 1 unspecified atom stereocenters. The Morgan fingerprint density at radius 3 is 2.66 bits per heavy atom. The molecule has 0 saturated carbocycles. The van der Waals surface area contributed by atoms with E-state index in [0.29, 0.717) is 5.01 Å². The first-order chi connectivity index (χ1) is 15.2. The van der Waals surface area contributed by atoms with E-state index in [9.17, 15) is 28.6 Å². The lowest BCUT2D eigenvalue weighted by Crippen LogP contribution is -2.53. The molecular formula is C21H20F2N4O4S. The van der Waals surface area contributed by atoms with Crippen LogP contribution in [0.15, 0.2) is 29.2 Å². The van der Waals surface area contributed by atoms with E-state index in [4.69, 9.17) is 0 Å². The van der Waals surface area contributed by atoms with Gasteiger partial charge in [-0.25, -0.2) is 8.78 Å². The summed E-state index contributed by atoms with van der Waals surface area (Å²) in [5.74, 6) is -2.64. The lowest BCUT2D eigenvalue weighted by Gasteiger charge is -2.39. The first kappa shape index (κ1) is 22.0. The SMILES string of the molecule is CC(C)N1C(=O)c2c(O)c(=O)c(-c3nnc(Cc4ccc(F)cc4F)s3)cn2CC1CO. The molecule has 8 nitrogen and oxygen atoms in total. The van der Waals surface area contributed by atoms with Gasteiger partial charge in [0.15, 0.2) is 16.5 Å². The molecule has 1 aliphatic rings. The van der Waals surface area contributed by atoms with Crippen LogP contribution in [0.4, 0.5) is 8.78 Å². The number of benzene rings is 1. The number of aromatic hydroxyl groups is 1. The van der Waals surface area contributed by atoms with Crippen molar-refractivity contribution < 1.29 is 23.8 Å². The summed E-state index contributed by atoms with van der Waals surface area (Å²) in [7, 11) is 0. The van der Waals surface area contributed by atoms with Crippen molar-refractivity contribution in [1.82, 2.24) is 19.7 Å². The number of amides is 1. The zero-order valence-electron chi connectivity index (χ0n) is 17.2. The number of rotatable bonds is 5. The van der Waals surface area contributed by atoms with Crippen molar-refractivity contribution in [2.24, 2.45) is 0 Å². The molecule has 0 fully saturated rings. The van der Waals surface area contributed by atoms with Crippen molar-refractivity contribution in [2.75, 3.05) is 6.61 Å². The van der Waals surface area contributed by atoms with E-state index < -0.39 is 34.8 Å². The molecule has 1 aromatic carbocycles. The zero-order valence-corrected chi connectivity index (χ0v) is 18.1. The fourth-order valence-corrected chi connectivity index (χ4v) is 4.71. The summed E-state index contributed by atoms with van der Waals surface area (Å²) in [5.41, 5.74) is -0.650. The fraction of sp³-hybridized carbons (Fsp3) is 0.333. The van der Waals surface area contributed by atoms with E-state index in [0.717, 1.165) is 23.5 Å². The Balaban J connectivity index is 1.72. The standard InChI is InChI=1S/C21H20F2N4O4S/c1-10(2)27-13(9-28)7-26-8-14(18(29)19(30)17(26)21(27)31)20-25-24-16(32-20)5-11-3-4-12(22)6-15(11)23/h3-4,6,8,10,13,28,30H,5,7,9H2,1-2H3. The highest BCUT2D eigenvalue weighted by Crippen LogP contribution is 2.30. The van der Waals surface area contributed by atoms with Crippen LogP contribution in [0, 0.1) is 11.6 Å². The molecule has 0 saturated heterocycles. The first-order valence-electron chi connectivity index (χ1n) is 9.87. The smallest absolute Gasteiger partial charge is 0.275 e. The molecule has 0 bridgehead atoms. The number of carbonyl (C=O) groups excluding carboxylic acids is 1. The van der Waals surface area contributed by atoms with Crippen LogP contribution in [0.3, 0.4) is 0 Å². The summed E-state index contributed by atoms with van der Waals surface area (Å²) < 4.78 is 28.5. The molecule has 0 aliphatic carbocycles. The summed E-state index contributed by atoms with van der Waals surface area (Å²) in [6.45, 7) is 3.47. The summed E-state index contributed by atoms with van der Waals surface area (Å²) in [6.07, 6.45) is 1.47. The van der Waals surface area contributed by atoms with Gasteiger partial charge in [0.1, 0.15) is 16.6 Å². The minimum absolute atomic E-state index is 0.0389. The monoisotopic (exact) mass is 462 g/mol. The Labute approximate surface area is 185 Å². The van der Waals surface area contributed by atoms with Crippen LogP contribution in [-0.4, -0.2) is 54.5 Å². The van der Waals surface area contributed by atoms with Crippen LogP contribution in [0.25, 0.3) is 10.6 Å². The summed E-state index contributed by atoms with van der Waals surface area (Å²) in [6, 6.07) is 2.48. The molecule has 1 aliphatic heterocycles. The largest absolute Gasteiger partial charge is 0.503 e. The van der Waals surface area contributed by atoms with Crippen LogP contribution in [0.5, 0.6) is 5.75 Å². The van der Waals surface area contributed by atoms with Crippen molar-refractivity contribution in [3.63, 3.8) is 0 Å². The Kier molecular flexibility index (Phi) is 5.78. The molecule has 4 rings (SSSR count). The Morgan fingerprint density at radius 1 is 1.25 bits per heavy atom. The van der Waals surface area contributed by atoms with E-state index in [1.54, 1.807) is 13.8 Å². The van der Waals surface area contributed by atoms with Gasteiger partial charge in [-0.15, -0.1) is 10.2 Å². The predicted octanol–water partition coefficient (Wildman–Crippen LogP) is 2.17. The van der Waals surface area contributed by atoms with Crippen molar-refractivity contribution in [3.8, 4) is 16.3 Å². The fourth-order valence-electron chi connectivity index (χ4n) is 3.84. The summed E-state index contributed by atoms with van der Waals surface area (Å²) in [4.78, 5) is 27.2. The molecule has 0 spiro atoms. The molecule has 2 N–H and O–H groups in total. The molecule has 0 radical (unpaired) electrons. The highest BCUT2D eigenvalue weighted by molar-refractivity contribution is 7.14. The highest BCUT2D eigenvalue weighted by Gasteiger charge is 2.37. The van der Waals surface area contributed by atoms with Gasteiger partial charge in [-0.1, -0.05) is 17.4 Å². The van der Waals surface area contributed by atoms with Gasteiger partial charge >= 0.3 is 0 Å². The molecular weight excluding hydrogens is 442 g/mol. The molecule has 11 heteroatoms. The third kappa shape index (κ3) is 3.78. The van der Waals surface area contributed by atoms with Crippen molar-refractivity contribution in [2.45, 2.75) is 38.9 Å². The maximum absolute atomic E-state index is 13.9. The lowest BCUT2D eigenvalue weighted by molar-refractivity contribution is 0.0381. The van der Waals surface area contributed by atoms with Crippen LogP contribution < -0.4 is 5.43 Å². The van der Waals surface area contributed by atoms with Crippen LogP contribution in [0.2, 0.25) is 0 Å². The number of pyridine rings is 1. The number of fused-ring (bicyclic) bond motifs is 1. The van der Waals surface area contributed by atoms with Crippen LogP contribution in [0.1, 0.15) is 34.9 Å². The number of carbonyl (C=O) groups is 1. The zero-order chi connectivity index (χ0) is 23.2.